The fourth-order valence-corrected chi connectivity index (χ4v) is 1.98. The normalized spacial score (nSPS) is 10.2. The molecule has 76 valence electrons. The molecule has 2 aromatic heterocycles. The van der Waals surface area contributed by atoms with Crippen molar-refractivity contribution < 1.29 is 14.3 Å². The summed E-state index contributed by atoms with van der Waals surface area (Å²) in [6, 6.07) is 4.46. The van der Waals surface area contributed by atoms with Crippen molar-refractivity contribution in [2.75, 3.05) is 0 Å². The maximum atomic E-state index is 12.8. The number of thiophene rings is 1. The number of halogens is 1. The zero-order chi connectivity index (χ0) is 10.8. The van der Waals surface area contributed by atoms with Gasteiger partial charge in [-0.2, -0.15) is 0 Å². The number of hydrogen-bond acceptors (Lipinski definition) is 3. The molecule has 0 saturated heterocycles. The monoisotopic (exact) mass is 223 g/mol. The lowest BCUT2D eigenvalue weighted by Crippen LogP contribution is -1.89. The van der Waals surface area contributed by atoms with Gasteiger partial charge in [0.25, 0.3) is 0 Å². The Balaban J connectivity index is 2.41. The van der Waals surface area contributed by atoms with Gasteiger partial charge in [0.1, 0.15) is 10.7 Å². The molecule has 2 aromatic rings. The number of carbonyl (C=O) groups is 1. The number of nitrogens with zero attached hydrogens (tertiary/aromatic N) is 1. The summed E-state index contributed by atoms with van der Waals surface area (Å²) in [4.78, 5) is 15.3. The van der Waals surface area contributed by atoms with Gasteiger partial charge in [0.2, 0.25) is 0 Å². The summed E-state index contributed by atoms with van der Waals surface area (Å²) in [6.07, 6.45) is 2.61. The largest absolute Gasteiger partial charge is 0.477 e. The Morgan fingerprint density at radius 2 is 2.20 bits per heavy atom. The van der Waals surface area contributed by atoms with Crippen LogP contribution >= 0.6 is 11.3 Å². The zero-order valence-corrected chi connectivity index (χ0v) is 8.29. The lowest BCUT2D eigenvalue weighted by molar-refractivity contribution is 0.0702. The van der Waals surface area contributed by atoms with Gasteiger partial charge in [0, 0.05) is 16.6 Å². The fourth-order valence-electron chi connectivity index (χ4n) is 1.15. The van der Waals surface area contributed by atoms with E-state index < -0.39 is 11.8 Å². The van der Waals surface area contributed by atoms with Crippen LogP contribution in [0.15, 0.2) is 30.6 Å². The van der Waals surface area contributed by atoms with Crippen molar-refractivity contribution >= 4 is 17.3 Å². The summed E-state index contributed by atoms with van der Waals surface area (Å²) < 4.78 is 12.8. The third-order valence-electron chi connectivity index (χ3n) is 1.81. The van der Waals surface area contributed by atoms with Crippen LogP contribution in [0.4, 0.5) is 4.39 Å². The Morgan fingerprint density at radius 3 is 2.80 bits per heavy atom. The SMILES string of the molecule is O=C(O)c1ccc(-c2cncc(F)c2)s1. The minimum Gasteiger partial charge on any atom is -0.477 e. The van der Waals surface area contributed by atoms with Crippen molar-refractivity contribution in [3.63, 3.8) is 0 Å². The highest BCUT2D eigenvalue weighted by Gasteiger charge is 2.08. The highest BCUT2D eigenvalue weighted by molar-refractivity contribution is 7.17. The minimum atomic E-state index is -0.976. The molecule has 3 nitrogen and oxygen atoms in total. The first kappa shape index (κ1) is 9.79. The smallest absolute Gasteiger partial charge is 0.345 e. The van der Waals surface area contributed by atoms with E-state index in [1.807, 2.05) is 0 Å². The molecule has 0 fully saturated rings. The quantitative estimate of drug-likeness (QED) is 0.851. The van der Waals surface area contributed by atoms with Crippen molar-refractivity contribution in [2.45, 2.75) is 0 Å². The Morgan fingerprint density at radius 1 is 1.40 bits per heavy atom. The number of aromatic nitrogens is 1. The molecule has 0 aromatic carbocycles. The van der Waals surface area contributed by atoms with Gasteiger partial charge in [-0.15, -0.1) is 11.3 Å². The average molecular weight is 223 g/mol. The summed E-state index contributed by atoms with van der Waals surface area (Å²) in [5.41, 5.74) is 0.590. The summed E-state index contributed by atoms with van der Waals surface area (Å²) in [5, 5.41) is 8.72. The maximum absolute atomic E-state index is 12.8. The predicted molar refractivity (Wildman–Crippen MR) is 54.5 cm³/mol. The molecule has 0 aliphatic rings. The number of pyridine rings is 1. The van der Waals surface area contributed by atoms with Crippen LogP contribution in [0.2, 0.25) is 0 Å². The first-order chi connectivity index (χ1) is 7.16. The third kappa shape index (κ3) is 2.02. The third-order valence-corrected chi connectivity index (χ3v) is 2.93. The van der Waals surface area contributed by atoms with E-state index in [1.165, 1.54) is 18.3 Å². The van der Waals surface area contributed by atoms with Crippen LogP contribution in [-0.2, 0) is 0 Å². The Labute approximate surface area is 88.8 Å². The zero-order valence-electron chi connectivity index (χ0n) is 7.48. The highest BCUT2D eigenvalue weighted by Crippen LogP contribution is 2.27. The van der Waals surface area contributed by atoms with Crippen molar-refractivity contribution in [3.05, 3.63) is 41.3 Å². The molecule has 0 amide bonds. The van der Waals surface area contributed by atoms with Crippen LogP contribution in [0, 0.1) is 5.82 Å². The average Bonchev–Trinajstić information content (AvgIpc) is 2.66. The van der Waals surface area contributed by atoms with E-state index in [0.717, 1.165) is 17.5 Å². The molecule has 5 heteroatoms. The number of carboxylic acids is 1. The molecule has 0 radical (unpaired) electrons. The van der Waals surface area contributed by atoms with E-state index in [4.69, 9.17) is 5.11 Å². The topological polar surface area (TPSA) is 50.2 Å². The Bertz CT molecular complexity index is 510. The van der Waals surface area contributed by atoms with Gasteiger partial charge in [-0.25, -0.2) is 9.18 Å². The molecule has 0 bridgehead atoms. The van der Waals surface area contributed by atoms with E-state index >= 15 is 0 Å². The standard InChI is InChI=1S/C10H6FNO2S/c11-7-3-6(4-12-5-7)8-1-2-9(15-8)10(13)14/h1-5H,(H,13,14). The highest BCUT2D eigenvalue weighted by atomic mass is 32.1. The molecule has 2 rings (SSSR count). The molecule has 0 saturated carbocycles. The minimum absolute atomic E-state index is 0.231. The molecule has 0 atom stereocenters. The summed E-state index contributed by atoms with van der Waals surface area (Å²) in [7, 11) is 0. The molecule has 15 heavy (non-hydrogen) atoms. The van der Waals surface area contributed by atoms with Gasteiger partial charge >= 0.3 is 5.97 Å². The molecular formula is C10H6FNO2S. The molecule has 0 aliphatic heterocycles. The van der Waals surface area contributed by atoms with E-state index in [2.05, 4.69) is 4.98 Å². The van der Waals surface area contributed by atoms with Crippen molar-refractivity contribution in [2.24, 2.45) is 0 Å². The maximum Gasteiger partial charge on any atom is 0.345 e. The summed E-state index contributed by atoms with van der Waals surface area (Å²) >= 11 is 1.10. The van der Waals surface area contributed by atoms with E-state index in [0.29, 0.717) is 10.4 Å². The van der Waals surface area contributed by atoms with E-state index in [9.17, 15) is 9.18 Å². The van der Waals surface area contributed by atoms with E-state index in [1.54, 1.807) is 6.07 Å². The van der Waals surface area contributed by atoms with Crippen molar-refractivity contribution in [1.82, 2.24) is 4.98 Å². The summed E-state index contributed by atoms with van der Waals surface area (Å²) in [5.74, 6) is -1.41. The van der Waals surface area contributed by atoms with E-state index in [-0.39, 0.29) is 4.88 Å². The van der Waals surface area contributed by atoms with Crippen LogP contribution in [0.3, 0.4) is 0 Å². The lowest BCUT2D eigenvalue weighted by atomic mass is 10.2. The molecule has 0 unspecified atom stereocenters. The first-order valence-corrected chi connectivity index (χ1v) is 4.92. The molecule has 0 aliphatic carbocycles. The number of hydrogen-bond donors (Lipinski definition) is 1. The van der Waals surface area contributed by atoms with Gasteiger partial charge < -0.3 is 5.11 Å². The van der Waals surface area contributed by atoms with Gasteiger partial charge in [0.15, 0.2) is 0 Å². The van der Waals surface area contributed by atoms with Gasteiger partial charge in [0.05, 0.1) is 6.20 Å². The number of rotatable bonds is 2. The second-order valence-electron chi connectivity index (χ2n) is 2.86. The van der Waals surface area contributed by atoms with Gasteiger partial charge in [-0.3, -0.25) is 4.98 Å². The van der Waals surface area contributed by atoms with Crippen LogP contribution in [0.1, 0.15) is 9.67 Å². The lowest BCUT2D eigenvalue weighted by Gasteiger charge is -1.95. The van der Waals surface area contributed by atoms with Crippen LogP contribution in [0.5, 0.6) is 0 Å². The predicted octanol–water partition coefficient (Wildman–Crippen LogP) is 2.65. The molecule has 2 heterocycles. The van der Waals surface area contributed by atoms with Crippen molar-refractivity contribution in [1.29, 1.82) is 0 Å². The molecule has 0 spiro atoms. The van der Waals surface area contributed by atoms with Crippen LogP contribution in [0.25, 0.3) is 10.4 Å². The van der Waals surface area contributed by atoms with Crippen LogP contribution in [-0.4, -0.2) is 16.1 Å². The Hall–Kier alpha value is -1.75. The second kappa shape index (κ2) is 3.78. The fraction of sp³-hybridized carbons (Fsp3) is 0. The summed E-state index contributed by atoms with van der Waals surface area (Å²) in [6.45, 7) is 0. The van der Waals surface area contributed by atoms with Gasteiger partial charge in [-0.05, 0) is 18.2 Å². The molecule has 1 N–H and O–H groups in total. The molecular weight excluding hydrogens is 217 g/mol. The van der Waals surface area contributed by atoms with Crippen molar-refractivity contribution in [3.8, 4) is 10.4 Å². The number of carboxylic acid groups (broad SMARTS) is 1. The number of aromatic carboxylic acids is 1. The second-order valence-corrected chi connectivity index (χ2v) is 3.94. The Kier molecular flexibility index (Phi) is 2.47. The van der Waals surface area contributed by atoms with Crippen LogP contribution < -0.4 is 0 Å². The van der Waals surface area contributed by atoms with Gasteiger partial charge in [-0.1, -0.05) is 0 Å². The first-order valence-electron chi connectivity index (χ1n) is 4.11.